The number of halogens is 1. The Hall–Kier alpha value is -3.32. The van der Waals surface area contributed by atoms with Crippen molar-refractivity contribution < 1.29 is 4.52 Å². The monoisotopic (exact) mass is 388 g/mol. The van der Waals surface area contributed by atoms with Crippen LogP contribution in [0.3, 0.4) is 0 Å². The molecule has 28 heavy (non-hydrogen) atoms. The molecule has 5 aromatic rings. The summed E-state index contributed by atoms with van der Waals surface area (Å²) in [7, 11) is 0. The third-order valence-electron chi connectivity index (χ3n) is 4.99. The lowest BCUT2D eigenvalue weighted by molar-refractivity contribution is 0.432. The molecule has 0 aliphatic heterocycles. The van der Waals surface area contributed by atoms with Crippen LogP contribution in [0.2, 0.25) is 5.02 Å². The number of pyridine rings is 1. The number of fused-ring (bicyclic) bond motifs is 2. The van der Waals surface area contributed by atoms with Crippen molar-refractivity contribution in [3.05, 3.63) is 59.8 Å². The second-order valence-corrected chi connectivity index (χ2v) is 7.34. The Kier molecular flexibility index (Phi) is 3.28. The minimum Gasteiger partial charge on any atom is -0.334 e. The highest BCUT2D eigenvalue weighted by Gasteiger charge is 2.27. The Morgan fingerprint density at radius 3 is 2.93 bits per heavy atom. The van der Waals surface area contributed by atoms with E-state index in [0.29, 0.717) is 22.7 Å². The van der Waals surface area contributed by atoms with Crippen molar-refractivity contribution in [2.45, 2.75) is 18.8 Å². The van der Waals surface area contributed by atoms with E-state index in [1.807, 2.05) is 34.9 Å². The summed E-state index contributed by atoms with van der Waals surface area (Å²) in [5.74, 6) is 1.41. The third-order valence-corrected chi connectivity index (χ3v) is 5.22. The van der Waals surface area contributed by atoms with E-state index >= 15 is 0 Å². The van der Waals surface area contributed by atoms with E-state index in [0.717, 1.165) is 46.3 Å². The minimum atomic E-state index is 0.440. The highest BCUT2D eigenvalue weighted by molar-refractivity contribution is 6.31. The second-order valence-electron chi connectivity index (χ2n) is 6.90. The molecule has 7 nitrogen and oxygen atoms in total. The van der Waals surface area contributed by atoms with Gasteiger partial charge >= 0.3 is 0 Å². The molecule has 136 valence electrons. The van der Waals surface area contributed by atoms with E-state index < -0.39 is 0 Å². The number of rotatable bonds is 3. The fourth-order valence-electron chi connectivity index (χ4n) is 3.43. The summed E-state index contributed by atoms with van der Waals surface area (Å²) in [5.41, 5.74) is 4.26. The molecule has 1 fully saturated rings. The molecule has 0 amide bonds. The third kappa shape index (κ3) is 2.47. The molecule has 8 heteroatoms. The van der Waals surface area contributed by atoms with Crippen molar-refractivity contribution in [2.24, 2.45) is 0 Å². The highest BCUT2D eigenvalue weighted by atomic mass is 35.5. The van der Waals surface area contributed by atoms with Gasteiger partial charge < -0.3 is 4.52 Å². The molecule has 0 unspecified atom stereocenters. The topological polar surface area (TPSA) is 82.0 Å². The number of aromatic nitrogens is 6. The van der Waals surface area contributed by atoms with E-state index in [1.54, 1.807) is 18.6 Å². The zero-order chi connectivity index (χ0) is 18.7. The molecule has 0 atom stereocenters. The normalized spacial score (nSPS) is 14.2. The van der Waals surface area contributed by atoms with Gasteiger partial charge in [-0.25, -0.2) is 4.98 Å². The first-order valence-corrected chi connectivity index (χ1v) is 9.36. The maximum Gasteiger partial charge on any atom is 0.259 e. The number of nitrogens with zero attached hydrogens (tertiary/aromatic N) is 6. The first-order valence-electron chi connectivity index (χ1n) is 8.98. The van der Waals surface area contributed by atoms with E-state index in [9.17, 15) is 0 Å². The van der Waals surface area contributed by atoms with Gasteiger partial charge in [-0.1, -0.05) is 16.8 Å². The zero-order valence-electron chi connectivity index (χ0n) is 14.6. The molecule has 0 bridgehead atoms. The fraction of sp³-hybridized carbons (Fsp3) is 0.150. The van der Waals surface area contributed by atoms with Gasteiger partial charge in [0.15, 0.2) is 5.65 Å². The predicted octanol–water partition coefficient (Wildman–Crippen LogP) is 4.53. The molecular weight excluding hydrogens is 376 g/mol. The molecule has 1 aromatic carbocycles. The Morgan fingerprint density at radius 1 is 1.11 bits per heavy atom. The van der Waals surface area contributed by atoms with Gasteiger partial charge in [0.2, 0.25) is 5.82 Å². The average Bonchev–Trinajstić information content (AvgIpc) is 3.30. The summed E-state index contributed by atoms with van der Waals surface area (Å²) in [4.78, 5) is 17.9. The van der Waals surface area contributed by atoms with E-state index in [2.05, 4.69) is 20.1 Å². The number of imidazole rings is 1. The number of hydrogen-bond donors (Lipinski definition) is 0. The van der Waals surface area contributed by atoms with Crippen LogP contribution in [-0.4, -0.2) is 29.5 Å². The fourth-order valence-corrected chi connectivity index (χ4v) is 3.60. The van der Waals surface area contributed by atoms with Crippen LogP contribution >= 0.6 is 11.6 Å². The van der Waals surface area contributed by atoms with Crippen LogP contribution in [0.15, 0.2) is 53.6 Å². The van der Waals surface area contributed by atoms with E-state index in [-0.39, 0.29) is 0 Å². The summed E-state index contributed by atoms with van der Waals surface area (Å²) in [6.07, 6.45) is 9.24. The van der Waals surface area contributed by atoms with Crippen molar-refractivity contribution in [3.8, 4) is 23.0 Å². The van der Waals surface area contributed by atoms with Crippen LogP contribution in [0.5, 0.6) is 0 Å². The summed E-state index contributed by atoms with van der Waals surface area (Å²) in [6, 6.07) is 7.72. The van der Waals surface area contributed by atoms with Crippen molar-refractivity contribution in [1.82, 2.24) is 29.5 Å². The zero-order valence-corrected chi connectivity index (χ0v) is 15.3. The molecule has 4 aromatic heterocycles. The van der Waals surface area contributed by atoms with Gasteiger partial charge in [-0.2, -0.15) is 4.98 Å². The highest BCUT2D eigenvalue weighted by Crippen LogP contribution is 2.42. The Balaban J connectivity index is 1.53. The Bertz CT molecular complexity index is 1350. The Labute approximate surface area is 164 Å². The maximum absolute atomic E-state index is 6.23. The van der Waals surface area contributed by atoms with Crippen LogP contribution in [0.25, 0.3) is 39.5 Å². The lowest BCUT2D eigenvalue weighted by atomic mass is 10.1. The molecule has 1 aliphatic rings. The largest absolute Gasteiger partial charge is 0.334 e. The molecular formula is C20H13ClN6O. The van der Waals surface area contributed by atoms with Gasteiger partial charge in [0.25, 0.3) is 5.89 Å². The van der Waals surface area contributed by atoms with Gasteiger partial charge in [0, 0.05) is 34.4 Å². The van der Waals surface area contributed by atoms with Crippen molar-refractivity contribution in [2.75, 3.05) is 0 Å². The van der Waals surface area contributed by atoms with Gasteiger partial charge in [-0.05, 0) is 37.1 Å². The Morgan fingerprint density at radius 2 is 2.04 bits per heavy atom. The molecule has 4 heterocycles. The molecule has 0 spiro atoms. The summed E-state index contributed by atoms with van der Waals surface area (Å²) < 4.78 is 7.51. The smallest absolute Gasteiger partial charge is 0.259 e. The van der Waals surface area contributed by atoms with Crippen molar-refractivity contribution >= 4 is 28.2 Å². The minimum absolute atomic E-state index is 0.440. The second kappa shape index (κ2) is 5.84. The van der Waals surface area contributed by atoms with Crippen LogP contribution < -0.4 is 0 Å². The average molecular weight is 389 g/mol. The first-order chi connectivity index (χ1) is 13.8. The van der Waals surface area contributed by atoms with Crippen molar-refractivity contribution in [3.63, 3.8) is 0 Å². The number of hydrogen-bond acceptors (Lipinski definition) is 6. The molecule has 1 aliphatic carbocycles. The van der Waals surface area contributed by atoms with Gasteiger partial charge in [0.1, 0.15) is 5.69 Å². The van der Waals surface area contributed by atoms with Crippen LogP contribution in [0, 0.1) is 0 Å². The number of benzene rings is 1. The van der Waals surface area contributed by atoms with Crippen LogP contribution in [0.4, 0.5) is 0 Å². The molecule has 0 saturated heterocycles. The molecule has 0 N–H and O–H groups in total. The molecule has 0 radical (unpaired) electrons. The van der Waals surface area contributed by atoms with Crippen LogP contribution in [-0.2, 0) is 0 Å². The van der Waals surface area contributed by atoms with Gasteiger partial charge in [-0.3, -0.25) is 14.4 Å². The van der Waals surface area contributed by atoms with Crippen molar-refractivity contribution in [1.29, 1.82) is 0 Å². The standard InChI is InChI=1S/C20H13ClN6O/c21-12-3-4-15-13(7-12)14(8-16(24-15)11-1-2-11)20-25-19(26-28-20)17-9-23-18-10-22-5-6-27(17)18/h3-11H,1-2H2. The quantitative estimate of drug-likeness (QED) is 0.451. The van der Waals surface area contributed by atoms with Gasteiger partial charge in [0.05, 0.1) is 23.5 Å². The van der Waals surface area contributed by atoms with E-state index in [4.69, 9.17) is 21.1 Å². The lowest BCUT2D eigenvalue weighted by Gasteiger charge is -2.06. The van der Waals surface area contributed by atoms with Gasteiger partial charge in [-0.15, -0.1) is 0 Å². The summed E-state index contributed by atoms with van der Waals surface area (Å²) in [6.45, 7) is 0. The lowest BCUT2D eigenvalue weighted by Crippen LogP contribution is -1.92. The SMILES string of the molecule is Clc1ccc2nc(C3CC3)cc(-c3nc(-c4cnc5cnccn45)no3)c2c1. The summed E-state index contributed by atoms with van der Waals surface area (Å²) in [5, 5.41) is 5.72. The maximum atomic E-state index is 6.23. The molecule has 6 rings (SSSR count). The predicted molar refractivity (Wildman–Crippen MR) is 104 cm³/mol. The molecule has 1 saturated carbocycles. The van der Waals surface area contributed by atoms with Crippen LogP contribution in [0.1, 0.15) is 24.5 Å². The van der Waals surface area contributed by atoms with E-state index in [1.165, 1.54) is 0 Å². The first kappa shape index (κ1) is 15.7. The summed E-state index contributed by atoms with van der Waals surface area (Å²) >= 11 is 6.23.